The Morgan fingerprint density at radius 3 is 1.92 bits per heavy atom. The molecule has 0 bridgehead atoms. The molecule has 1 nitrogen and oxygen atoms in total. The third-order valence-electron chi connectivity index (χ3n) is 2.44. The molecule has 12 heavy (non-hydrogen) atoms. The van der Waals surface area contributed by atoms with Crippen molar-refractivity contribution in [2.24, 2.45) is 11.8 Å². The van der Waals surface area contributed by atoms with Crippen molar-refractivity contribution in [3.05, 3.63) is 0 Å². The molecule has 1 atom stereocenters. The molecule has 0 aliphatic carbocycles. The van der Waals surface area contributed by atoms with E-state index < -0.39 is 0 Å². The SMILES string of the molecule is CCCC(CCC)CC(C)CO. The van der Waals surface area contributed by atoms with Crippen LogP contribution in [0.1, 0.15) is 52.9 Å². The first kappa shape index (κ1) is 12.0. The summed E-state index contributed by atoms with van der Waals surface area (Å²) in [5.74, 6) is 1.34. The highest BCUT2D eigenvalue weighted by Gasteiger charge is 2.10. The molecule has 0 aromatic carbocycles. The molecule has 0 radical (unpaired) electrons. The fourth-order valence-electron chi connectivity index (χ4n) is 1.84. The van der Waals surface area contributed by atoms with Gasteiger partial charge in [0.25, 0.3) is 0 Å². The van der Waals surface area contributed by atoms with Crippen LogP contribution < -0.4 is 0 Å². The summed E-state index contributed by atoms with van der Waals surface area (Å²) in [7, 11) is 0. The van der Waals surface area contributed by atoms with Gasteiger partial charge in [-0.2, -0.15) is 0 Å². The van der Waals surface area contributed by atoms with Crippen LogP contribution in [0.4, 0.5) is 0 Å². The maximum Gasteiger partial charge on any atom is 0.0456 e. The van der Waals surface area contributed by atoms with E-state index in [0.717, 1.165) is 5.92 Å². The fraction of sp³-hybridized carbons (Fsp3) is 1.00. The van der Waals surface area contributed by atoms with E-state index in [0.29, 0.717) is 12.5 Å². The molecule has 0 saturated carbocycles. The van der Waals surface area contributed by atoms with Gasteiger partial charge in [-0.25, -0.2) is 0 Å². The Labute approximate surface area is 77.2 Å². The van der Waals surface area contributed by atoms with Gasteiger partial charge in [-0.3, -0.25) is 0 Å². The van der Waals surface area contributed by atoms with Crippen molar-refractivity contribution < 1.29 is 5.11 Å². The highest BCUT2D eigenvalue weighted by Crippen LogP contribution is 2.21. The summed E-state index contributed by atoms with van der Waals surface area (Å²) < 4.78 is 0. The van der Waals surface area contributed by atoms with Gasteiger partial charge in [0.2, 0.25) is 0 Å². The second kappa shape index (κ2) is 7.60. The van der Waals surface area contributed by atoms with Gasteiger partial charge in [0.15, 0.2) is 0 Å². The predicted octanol–water partition coefficient (Wildman–Crippen LogP) is 3.22. The lowest BCUT2D eigenvalue weighted by Crippen LogP contribution is -2.09. The first-order valence-electron chi connectivity index (χ1n) is 5.35. The third kappa shape index (κ3) is 5.59. The lowest BCUT2D eigenvalue weighted by atomic mass is 9.89. The van der Waals surface area contributed by atoms with E-state index in [4.69, 9.17) is 5.11 Å². The number of hydrogen-bond acceptors (Lipinski definition) is 1. The van der Waals surface area contributed by atoms with E-state index in [1.807, 2.05) is 0 Å². The van der Waals surface area contributed by atoms with Crippen LogP contribution in [0.25, 0.3) is 0 Å². The Morgan fingerprint density at radius 1 is 1.08 bits per heavy atom. The molecule has 0 spiro atoms. The Bertz CT molecular complexity index is 85.0. The van der Waals surface area contributed by atoms with Gasteiger partial charge in [-0.05, 0) is 18.3 Å². The minimum absolute atomic E-state index is 0.351. The highest BCUT2D eigenvalue weighted by atomic mass is 16.3. The molecule has 0 aromatic rings. The first-order chi connectivity index (χ1) is 5.74. The molecular formula is C11H24O. The standard InChI is InChI=1S/C11H24O/c1-4-6-11(7-5-2)8-10(3)9-12/h10-12H,4-9H2,1-3H3. The zero-order valence-corrected chi connectivity index (χ0v) is 8.84. The fourth-order valence-corrected chi connectivity index (χ4v) is 1.84. The Hall–Kier alpha value is -0.0400. The number of rotatable bonds is 7. The molecule has 0 fully saturated rings. The quantitative estimate of drug-likeness (QED) is 0.625. The lowest BCUT2D eigenvalue weighted by molar-refractivity contribution is 0.205. The van der Waals surface area contributed by atoms with E-state index in [-0.39, 0.29) is 0 Å². The van der Waals surface area contributed by atoms with Crippen molar-refractivity contribution >= 4 is 0 Å². The zero-order chi connectivity index (χ0) is 9.40. The van der Waals surface area contributed by atoms with E-state index in [2.05, 4.69) is 20.8 Å². The van der Waals surface area contributed by atoms with Crippen LogP contribution in [0, 0.1) is 11.8 Å². The van der Waals surface area contributed by atoms with Gasteiger partial charge in [0, 0.05) is 6.61 Å². The van der Waals surface area contributed by atoms with Gasteiger partial charge < -0.3 is 5.11 Å². The Kier molecular flexibility index (Phi) is 7.58. The van der Waals surface area contributed by atoms with Crippen LogP contribution in [0.15, 0.2) is 0 Å². The van der Waals surface area contributed by atoms with Crippen LogP contribution in [-0.2, 0) is 0 Å². The molecule has 0 amide bonds. The van der Waals surface area contributed by atoms with Crippen LogP contribution in [0.5, 0.6) is 0 Å². The van der Waals surface area contributed by atoms with Gasteiger partial charge in [0.1, 0.15) is 0 Å². The molecule has 0 aromatic heterocycles. The van der Waals surface area contributed by atoms with Gasteiger partial charge in [0.05, 0.1) is 0 Å². The maximum absolute atomic E-state index is 8.92. The van der Waals surface area contributed by atoms with E-state index >= 15 is 0 Å². The summed E-state index contributed by atoms with van der Waals surface area (Å²) in [5.41, 5.74) is 0. The summed E-state index contributed by atoms with van der Waals surface area (Å²) in [5, 5.41) is 8.92. The van der Waals surface area contributed by atoms with Crippen molar-refractivity contribution in [1.82, 2.24) is 0 Å². The smallest absolute Gasteiger partial charge is 0.0456 e. The van der Waals surface area contributed by atoms with Crippen molar-refractivity contribution in [2.45, 2.75) is 52.9 Å². The van der Waals surface area contributed by atoms with Crippen molar-refractivity contribution in [2.75, 3.05) is 6.61 Å². The zero-order valence-electron chi connectivity index (χ0n) is 8.84. The second-order valence-corrected chi connectivity index (χ2v) is 3.97. The van der Waals surface area contributed by atoms with Crippen LogP contribution in [0.3, 0.4) is 0 Å². The molecule has 0 heterocycles. The third-order valence-corrected chi connectivity index (χ3v) is 2.44. The van der Waals surface area contributed by atoms with Crippen LogP contribution in [0.2, 0.25) is 0 Å². The van der Waals surface area contributed by atoms with E-state index in [9.17, 15) is 0 Å². The van der Waals surface area contributed by atoms with E-state index in [1.54, 1.807) is 0 Å². The largest absolute Gasteiger partial charge is 0.396 e. The van der Waals surface area contributed by atoms with Crippen molar-refractivity contribution in [3.63, 3.8) is 0 Å². The summed E-state index contributed by atoms with van der Waals surface area (Å²) in [4.78, 5) is 0. The van der Waals surface area contributed by atoms with Crippen LogP contribution in [-0.4, -0.2) is 11.7 Å². The van der Waals surface area contributed by atoms with Crippen molar-refractivity contribution in [1.29, 1.82) is 0 Å². The van der Waals surface area contributed by atoms with Crippen LogP contribution >= 0.6 is 0 Å². The number of aliphatic hydroxyl groups is 1. The predicted molar refractivity (Wildman–Crippen MR) is 54.2 cm³/mol. The molecule has 0 aliphatic heterocycles. The number of aliphatic hydroxyl groups excluding tert-OH is 1. The molecule has 0 saturated heterocycles. The van der Waals surface area contributed by atoms with Gasteiger partial charge >= 0.3 is 0 Å². The molecular weight excluding hydrogens is 148 g/mol. The van der Waals surface area contributed by atoms with Gasteiger partial charge in [-0.1, -0.05) is 46.5 Å². The maximum atomic E-state index is 8.92. The van der Waals surface area contributed by atoms with Gasteiger partial charge in [-0.15, -0.1) is 0 Å². The molecule has 1 N–H and O–H groups in total. The summed E-state index contributed by atoms with van der Waals surface area (Å²) >= 11 is 0. The molecule has 1 unspecified atom stereocenters. The highest BCUT2D eigenvalue weighted by molar-refractivity contribution is 4.62. The summed E-state index contributed by atoms with van der Waals surface area (Å²) in [6.07, 6.45) is 6.43. The minimum Gasteiger partial charge on any atom is -0.396 e. The Balaban J connectivity index is 3.61. The average Bonchev–Trinajstić information content (AvgIpc) is 2.05. The summed E-state index contributed by atoms with van der Waals surface area (Å²) in [6, 6.07) is 0. The minimum atomic E-state index is 0.351. The molecule has 0 rings (SSSR count). The van der Waals surface area contributed by atoms with Crippen molar-refractivity contribution in [3.8, 4) is 0 Å². The lowest BCUT2D eigenvalue weighted by Gasteiger charge is -2.18. The normalized spacial score (nSPS) is 13.8. The monoisotopic (exact) mass is 172 g/mol. The topological polar surface area (TPSA) is 20.2 Å². The molecule has 1 heteroatoms. The second-order valence-electron chi connectivity index (χ2n) is 3.97. The number of hydrogen-bond donors (Lipinski definition) is 1. The summed E-state index contributed by atoms with van der Waals surface area (Å²) in [6.45, 7) is 6.97. The average molecular weight is 172 g/mol. The Morgan fingerprint density at radius 2 is 1.58 bits per heavy atom. The first-order valence-corrected chi connectivity index (χ1v) is 5.35. The molecule has 0 aliphatic rings. The molecule has 74 valence electrons. The van der Waals surface area contributed by atoms with E-state index in [1.165, 1.54) is 32.1 Å².